The Labute approximate surface area is 105 Å². The van der Waals surface area contributed by atoms with E-state index in [1.807, 2.05) is 23.9 Å². The van der Waals surface area contributed by atoms with Crippen molar-refractivity contribution >= 4 is 5.91 Å². The number of likely N-dealkylation sites (N-methyl/N-ethyl adjacent to an activating group) is 2. The highest BCUT2D eigenvalue weighted by Gasteiger charge is 2.18. The number of hydrogen-bond acceptors (Lipinski definition) is 3. The minimum atomic E-state index is 0.107. The molecule has 0 unspecified atom stereocenters. The highest BCUT2D eigenvalue weighted by molar-refractivity contribution is 5.77. The van der Waals surface area contributed by atoms with Gasteiger partial charge in [-0.25, -0.2) is 0 Å². The van der Waals surface area contributed by atoms with Gasteiger partial charge in [0.25, 0.3) is 0 Å². The van der Waals surface area contributed by atoms with E-state index in [4.69, 9.17) is 5.11 Å². The van der Waals surface area contributed by atoms with Gasteiger partial charge in [-0.15, -0.1) is 0 Å². The monoisotopic (exact) mass is 242 g/mol. The third kappa shape index (κ3) is 5.50. The van der Waals surface area contributed by atoms with E-state index in [-0.39, 0.29) is 12.5 Å². The van der Waals surface area contributed by atoms with Crippen molar-refractivity contribution in [3.8, 4) is 0 Å². The van der Waals surface area contributed by atoms with Crippen molar-refractivity contribution in [1.29, 1.82) is 0 Å². The van der Waals surface area contributed by atoms with Crippen molar-refractivity contribution in [2.75, 3.05) is 40.3 Å². The number of carbonyl (C=O) groups is 1. The van der Waals surface area contributed by atoms with Gasteiger partial charge in [-0.1, -0.05) is 19.3 Å². The number of hydrogen-bond donors (Lipinski definition) is 1. The summed E-state index contributed by atoms with van der Waals surface area (Å²) in [5.41, 5.74) is 0. The zero-order valence-corrected chi connectivity index (χ0v) is 11.2. The number of carbonyl (C=O) groups excluding carboxylic acids is 1. The van der Waals surface area contributed by atoms with E-state index in [1.165, 1.54) is 32.1 Å². The molecule has 4 nitrogen and oxygen atoms in total. The molecule has 1 saturated carbocycles. The molecule has 0 aromatic heterocycles. The fourth-order valence-electron chi connectivity index (χ4n) is 2.46. The molecule has 0 heterocycles. The van der Waals surface area contributed by atoms with Gasteiger partial charge in [-0.05, 0) is 25.8 Å². The molecule has 4 heteroatoms. The summed E-state index contributed by atoms with van der Waals surface area (Å²) in [6.07, 6.45) is 6.52. The zero-order chi connectivity index (χ0) is 12.7. The van der Waals surface area contributed by atoms with Crippen LogP contribution in [0.3, 0.4) is 0 Å². The molecule has 0 spiro atoms. The van der Waals surface area contributed by atoms with E-state index in [0.717, 1.165) is 6.54 Å². The molecule has 0 aromatic rings. The largest absolute Gasteiger partial charge is 0.395 e. The van der Waals surface area contributed by atoms with Gasteiger partial charge in [0.1, 0.15) is 0 Å². The highest BCUT2D eigenvalue weighted by Crippen LogP contribution is 2.24. The van der Waals surface area contributed by atoms with Crippen LogP contribution in [-0.4, -0.2) is 61.2 Å². The van der Waals surface area contributed by atoms with Crippen molar-refractivity contribution in [2.24, 2.45) is 5.92 Å². The molecule has 0 atom stereocenters. The molecule has 17 heavy (non-hydrogen) atoms. The van der Waals surface area contributed by atoms with Gasteiger partial charge in [0.2, 0.25) is 5.91 Å². The van der Waals surface area contributed by atoms with Crippen molar-refractivity contribution in [1.82, 2.24) is 9.80 Å². The first-order valence-corrected chi connectivity index (χ1v) is 6.67. The summed E-state index contributed by atoms with van der Waals surface area (Å²) in [6.45, 7) is 1.97. The Kier molecular flexibility index (Phi) is 6.52. The van der Waals surface area contributed by atoms with Gasteiger partial charge in [0, 0.05) is 20.1 Å². The number of aliphatic hydroxyl groups is 1. The van der Waals surface area contributed by atoms with Gasteiger partial charge in [-0.3, -0.25) is 9.69 Å². The van der Waals surface area contributed by atoms with Crippen LogP contribution in [0.5, 0.6) is 0 Å². The lowest BCUT2D eigenvalue weighted by Gasteiger charge is -2.28. The van der Waals surface area contributed by atoms with Crippen molar-refractivity contribution in [3.63, 3.8) is 0 Å². The Balaban J connectivity index is 2.25. The van der Waals surface area contributed by atoms with Gasteiger partial charge in [-0.2, -0.15) is 0 Å². The van der Waals surface area contributed by atoms with Gasteiger partial charge < -0.3 is 10.0 Å². The van der Waals surface area contributed by atoms with Gasteiger partial charge in [0.05, 0.1) is 13.2 Å². The lowest BCUT2D eigenvalue weighted by Crippen LogP contribution is -2.40. The number of amides is 1. The van der Waals surface area contributed by atoms with E-state index in [9.17, 15) is 4.79 Å². The summed E-state index contributed by atoms with van der Waals surface area (Å²) >= 11 is 0. The maximum atomic E-state index is 11.9. The van der Waals surface area contributed by atoms with E-state index in [0.29, 0.717) is 19.0 Å². The van der Waals surface area contributed by atoms with Crippen LogP contribution in [0.15, 0.2) is 0 Å². The molecule has 1 fully saturated rings. The van der Waals surface area contributed by atoms with Crippen LogP contribution in [0.1, 0.15) is 32.1 Å². The van der Waals surface area contributed by atoms with E-state index < -0.39 is 0 Å². The number of aliphatic hydroxyl groups excluding tert-OH is 1. The Hall–Kier alpha value is -0.610. The molecule has 1 rings (SSSR count). The Morgan fingerprint density at radius 2 is 1.88 bits per heavy atom. The molecule has 0 bridgehead atoms. The first kappa shape index (κ1) is 14.5. The molecule has 0 radical (unpaired) electrons. The van der Waals surface area contributed by atoms with E-state index in [1.54, 1.807) is 0 Å². The summed E-state index contributed by atoms with van der Waals surface area (Å²) in [7, 11) is 3.76. The van der Waals surface area contributed by atoms with Crippen molar-refractivity contribution in [3.05, 3.63) is 0 Å². The van der Waals surface area contributed by atoms with Crippen LogP contribution in [0.4, 0.5) is 0 Å². The summed E-state index contributed by atoms with van der Waals surface area (Å²) in [5, 5.41) is 8.78. The molecule has 0 saturated heterocycles. The van der Waals surface area contributed by atoms with Gasteiger partial charge in [0.15, 0.2) is 0 Å². The second-order valence-corrected chi connectivity index (χ2v) is 5.24. The third-order valence-electron chi connectivity index (χ3n) is 3.57. The SMILES string of the molecule is CN(CCO)CC(=O)N(C)CC1CCCCC1. The molecular weight excluding hydrogens is 216 g/mol. The first-order chi connectivity index (χ1) is 8.13. The van der Waals surface area contributed by atoms with Crippen LogP contribution >= 0.6 is 0 Å². The molecule has 100 valence electrons. The predicted octanol–water partition coefficient (Wildman–Crippen LogP) is 0.949. The maximum absolute atomic E-state index is 11.9. The minimum absolute atomic E-state index is 0.107. The molecule has 1 N–H and O–H groups in total. The van der Waals surface area contributed by atoms with Crippen molar-refractivity contribution in [2.45, 2.75) is 32.1 Å². The van der Waals surface area contributed by atoms with Crippen LogP contribution in [0, 0.1) is 5.92 Å². The summed E-state index contributed by atoms with van der Waals surface area (Å²) < 4.78 is 0. The Morgan fingerprint density at radius 1 is 1.24 bits per heavy atom. The molecule has 0 aromatic carbocycles. The standard InChI is InChI=1S/C13H26N2O2/c1-14(8-9-16)11-13(17)15(2)10-12-6-4-3-5-7-12/h12,16H,3-11H2,1-2H3. The zero-order valence-electron chi connectivity index (χ0n) is 11.2. The predicted molar refractivity (Wildman–Crippen MR) is 68.8 cm³/mol. The smallest absolute Gasteiger partial charge is 0.236 e. The Bertz CT molecular complexity index is 227. The first-order valence-electron chi connectivity index (χ1n) is 6.67. The summed E-state index contributed by atoms with van der Waals surface area (Å²) in [6, 6.07) is 0. The fraction of sp³-hybridized carbons (Fsp3) is 0.923. The molecular formula is C13H26N2O2. The molecule has 1 aliphatic carbocycles. The topological polar surface area (TPSA) is 43.8 Å². The van der Waals surface area contributed by atoms with E-state index in [2.05, 4.69) is 0 Å². The lowest BCUT2D eigenvalue weighted by atomic mass is 9.89. The normalized spacial score (nSPS) is 17.4. The van der Waals surface area contributed by atoms with Crippen LogP contribution in [0.2, 0.25) is 0 Å². The average Bonchev–Trinajstić information content (AvgIpc) is 2.30. The highest BCUT2D eigenvalue weighted by atomic mass is 16.3. The van der Waals surface area contributed by atoms with Crippen LogP contribution < -0.4 is 0 Å². The Morgan fingerprint density at radius 3 is 2.47 bits per heavy atom. The molecule has 0 aliphatic heterocycles. The molecule has 1 aliphatic rings. The fourth-order valence-corrected chi connectivity index (χ4v) is 2.46. The average molecular weight is 242 g/mol. The van der Waals surface area contributed by atoms with Crippen LogP contribution in [-0.2, 0) is 4.79 Å². The maximum Gasteiger partial charge on any atom is 0.236 e. The van der Waals surface area contributed by atoms with Crippen molar-refractivity contribution < 1.29 is 9.90 Å². The number of nitrogens with zero attached hydrogens (tertiary/aromatic N) is 2. The number of rotatable bonds is 6. The van der Waals surface area contributed by atoms with Crippen LogP contribution in [0.25, 0.3) is 0 Å². The van der Waals surface area contributed by atoms with E-state index >= 15 is 0 Å². The second kappa shape index (κ2) is 7.67. The third-order valence-corrected chi connectivity index (χ3v) is 3.57. The molecule has 1 amide bonds. The quantitative estimate of drug-likeness (QED) is 0.754. The summed E-state index contributed by atoms with van der Waals surface area (Å²) in [5.74, 6) is 0.854. The lowest BCUT2D eigenvalue weighted by molar-refractivity contribution is -0.131. The van der Waals surface area contributed by atoms with Gasteiger partial charge >= 0.3 is 0 Å². The minimum Gasteiger partial charge on any atom is -0.395 e. The second-order valence-electron chi connectivity index (χ2n) is 5.24. The summed E-state index contributed by atoms with van der Waals surface area (Å²) in [4.78, 5) is 15.6.